The fourth-order valence-electron chi connectivity index (χ4n) is 3.22. The fraction of sp³-hybridized carbons (Fsp3) is 0.368. The van der Waals surface area contributed by atoms with Crippen molar-refractivity contribution in [2.75, 3.05) is 25.0 Å². The molecule has 0 atom stereocenters. The summed E-state index contributed by atoms with van der Waals surface area (Å²) in [5.74, 6) is 0. The minimum absolute atomic E-state index is 0.670. The number of anilines is 1. The van der Waals surface area contributed by atoms with E-state index in [2.05, 4.69) is 59.3 Å². The summed E-state index contributed by atoms with van der Waals surface area (Å²) in [4.78, 5) is 4.96. The zero-order valence-electron chi connectivity index (χ0n) is 13.1. The number of hydrogen-bond acceptors (Lipinski definition) is 2. The highest BCUT2D eigenvalue weighted by Gasteiger charge is 2.22. The molecule has 0 unspecified atom stereocenters. The zero-order valence-corrected chi connectivity index (χ0v) is 13.8. The molecule has 3 rings (SSSR count). The Morgan fingerprint density at radius 1 is 1.00 bits per heavy atom. The molecule has 0 saturated carbocycles. The van der Waals surface area contributed by atoms with Crippen LogP contribution in [0.25, 0.3) is 0 Å². The lowest BCUT2D eigenvalue weighted by atomic mass is 10.0. The number of rotatable bonds is 4. The molecular weight excluding hydrogens is 292 g/mol. The van der Waals surface area contributed by atoms with E-state index >= 15 is 0 Å². The van der Waals surface area contributed by atoms with Gasteiger partial charge >= 0.3 is 0 Å². The monoisotopic (exact) mass is 314 g/mol. The summed E-state index contributed by atoms with van der Waals surface area (Å²) >= 11 is 5.97. The van der Waals surface area contributed by atoms with E-state index in [1.807, 2.05) is 12.1 Å². The second-order valence-electron chi connectivity index (χ2n) is 6.10. The lowest BCUT2D eigenvalue weighted by Gasteiger charge is -2.38. The number of hydrogen-bond donors (Lipinski definition) is 0. The number of benzene rings is 2. The molecule has 0 aromatic heterocycles. The van der Waals surface area contributed by atoms with Gasteiger partial charge in [-0.15, -0.1) is 0 Å². The summed E-state index contributed by atoms with van der Waals surface area (Å²) in [6.45, 7) is 3.27. The lowest BCUT2D eigenvalue weighted by Crippen LogP contribution is -2.43. The van der Waals surface area contributed by atoms with Gasteiger partial charge in [0.1, 0.15) is 0 Å². The normalized spacial score (nSPS) is 16.2. The van der Waals surface area contributed by atoms with Crippen LogP contribution in [0.2, 0.25) is 5.02 Å². The topological polar surface area (TPSA) is 6.48 Å². The van der Waals surface area contributed by atoms with E-state index in [1.165, 1.54) is 24.1 Å². The third kappa shape index (κ3) is 3.82. The Morgan fingerprint density at radius 2 is 1.64 bits per heavy atom. The van der Waals surface area contributed by atoms with Crippen LogP contribution < -0.4 is 4.90 Å². The summed E-state index contributed by atoms with van der Waals surface area (Å²) in [7, 11) is 2.25. The molecule has 1 fully saturated rings. The Balaban J connectivity index is 1.54. The predicted octanol–water partition coefficient (Wildman–Crippen LogP) is 4.44. The first-order valence-corrected chi connectivity index (χ1v) is 8.35. The van der Waals surface area contributed by atoms with Crippen LogP contribution >= 0.6 is 11.6 Å². The van der Waals surface area contributed by atoms with Crippen molar-refractivity contribution in [1.82, 2.24) is 4.90 Å². The molecule has 2 aromatic rings. The van der Waals surface area contributed by atoms with Gasteiger partial charge < -0.3 is 4.90 Å². The third-order valence-corrected chi connectivity index (χ3v) is 4.81. The van der Waals surface area contributed by atoms with Gasteiger partial charge in [-0.1, -0.05) is 41.9 Å². The van der Waals surface area contributed by atoms with E-state index in [-0.39, 0.29) is 0 Å². The second-order valence-corrected chi connectivity index (χ2v) is 6.53. The molecule has 3 heteroatoms. The van der Waals surface area contributed by atoms with E-state index in [0.29, 0.717) is 6.04 Å². The molecule has 0 aliphatic carbocycles. The molecule has 116 valence electrons. The molecule has 0 radical (unpaired) electrons. The summed E-state index contributed by atoms with van der Waals surface area (Å²) in [5.41, 5.74) is 2.68. The van der Waals surface area contributed by atoms with E-state index in [1.54, 1.807) is 0 Å². The summed E-state index contributed by atoms with van der Waals surface area (Å²) in [6.07, 6.45) is 2.43. The third-order valence-electron chi connectivity index (χ3n) is 4.55. The van der Waals surface area contributed by atoms with Crippen molar-refractivity contribution in [3.05, 3.63) is 65.2 Å². The summed E-state index contributed by atoms with van der Waals surface area (Å²) in [6, 6.07) is 19.6. The Hall–Kier alpha value is -1.51. The van der Waals surface area contributed by atoms with E-state index in [0.717, 1.165) is 24.7 Å². The summed E-state index contributed by atoms with van der Waals surface area (Å²) in [5, 5.41) is 0.807. The first-order chi connectivity index (χ1) is 10.7. The van der Waals surface area contributed by atoms with Gasteiger partial charge in [0.05, 0.1) is 0 Å². The van der Waals surface area contributed by atoms with Crippen LogP contribution in [0.15, 0.2) is 54.6 Å². The van der Waals surface area contributed by atoms with E-state index in [9.17, 15) is 0 Å². The molecule has 1 saturated heterocycles. The maximum absolute atomic E-state index is 5.97. The molecule has 1 heterocycles. The van der Waals surface area contributed by atoms with Crippen molar-refractivity contribution < 1.29 is 0 Å². The van der Waals surface area contributed by atoms with Crippen LogP contribution in [0.1, 0.15) is 18.4 Å². The first kappa shape index (κ1) is 15.4. The maximum atomic E-state index is 5.97. The van der Waals surface area contributed by atoms with Gasteiger partial charge in [0, 0.05) is 36.4 Å². The van der Waals surface area contributed by atoms with Crippen LogP contribution in [-0.2, 0) is 6.54 Å². The Morgan fingerprint density at radius 3 is 2.27 bits per heavy atom. The van der Waals surface area contributed by atoms with Gasteiger partial charge in [-0.25, -0.2) is 0 Å². The van der Waals surface area contributed by atoms with Crippen LogP contribution in [0.3, 0.4) is 0 Å². The molecule has 2 aromatic carbocycles. The average Bonchev–Trinajstić information content (AvgIpc) is 2.57. The first-order valence-electron chi connectivity index (χ1n) is 7.97. The molecule has 2 nitrogen and oxygen atoms in total. The van der Waals surface area contributed by atoms with Gasteiger partial charge in [0.2, 0.25) is 0 Å². The highest BCUT2D eigenvalue weighted by molar-refractivity contribution is 6.30. The Kier molecular flexibility index (Phi) is 5.01. The van der Waals surface area contributed by atoms with Crippen molar-refractivity contribution in [1.29, 1.82) is 0 Å². The highest BCUT2D eigenvalue weighted by atomic mass is 35.5. The molecule has 1 aliphatic heterocycles. The minimum Gasteiger partial charge on any atom is -0.371 e. The van der Waals surface area contributed by atoms with Crippen molar-refractivity contribution in [3.63, 3.8) is 0 Å². The molecule has 1 aliphatic rings. The van der Waals surface area contributed by atoms with Crippen LogP contribution in [0, 0.1) is 0 Å². The maximum Gasteiger partial charge on any atom is 0.0407 e. The fourth-order valence-corrected chi connectivity index (χ4v) is 3.34. The van der Waals surface area contributed by atoms with E-state index < -0.39 is 0 Å². The average molecular weight is 315 g/mol. The number of piperidine rings is 1. The van der Waals surface area contributed by atoms with Gasteiger partial charge in [0.25, 0.3) is 0 Å². The Bertz CT molecular complexity index is 574. The number of halogens is 1. The second kappa shape index (κ2) is 7.17. The molecule has 0 spiro atoms. The van der Waals surface area contributed by atoms with Crippen molar-refractivity contribution in [3.8, 4) is 0 Å². The van der Waals surface area contributed by atoms with Crippen molar-refractivity contribution >= 4 is 17.3 Å². The highest BCUT2D eigenvalue weighted by Crippen LogP contribution is 2.24. The SMILES string of the molecule is CN(Cc1ccccc1)C1CCN(c2ccc(Cl)cc2)CC1. The lowest BCUT2D eigenvalue weighted by molar-refractivity contribution is 0.200. The predicted molar refractivity (Wildman–Crippen MR) is 94.6 cm³/mol. The van der Waals surface area contributed by atoms with Gasteiger partial charge in [-0.05, 0) is 49.7 Å². The van der Waals surface area contributed by atoms with Crippen LogP contribution in [0.4, 0.5) is 5.69 Å². The molecule has 0 bridgehead atoms. The largest absolute Gasteiger partial charge is 0.371 e. The van der Waals surface area contributed by atoms with Crippen LogP contribution in [-0.4, -0.2) is 31.1 Å². The molecule has 0 N–H and O–H groups in total. The van der Waals surface area contributed by atoms with Gasteiger partial charge in [-0.2, -0.15) is 0 Å². The van der Waals surface area contributed by atoms with Crippen molar-refractivity contribution in [2.45, 2.75) is 25.4 Å². The van der Waals surface area contributed by atoms with Crippen LogP contribution in [0.5, 0.6) is 0 Å². The Labute approximate surface area is 138 Å². The zero-order chi connectivity index (χ0) is 15.4. The molecule has 0 amide bonds. The summed E-state index contributed by atoms with van der Waals surface area (Å²) < 4.78 is 0. The quantitative estimate of drug-likeness (QED) is 0.823. The number of nitrogens with zero attached hydrogens (tertiary/aromatic N) is 2. The van der Waals surface area contributed by atoms with E-state index in [4.69, 9.17) is 11.6 Å². The standard InChI is InChI=1S/C19H23ClN2/c1-21(15-16-5-3-2-4-6-16)18-11-13-22(14-12-18)19-9-7-17(20)8-10-19/h2-10,18H,11-15H2,1H3. The molecule has 22 heavy (non-hydrogen) atoms. The van der Waals surface area contributed by atoms with Crippen molar-refractivity contribution in [2.24, 2.45) is 0 Å². The smallest absolute Gasteiger partial charge is 0.0407 e. The van der Waals surface area contributed by atoms with Gasteiger partial charge in [0.15, 0.2) is 0 Å². The minimum atomic E-state index is 0.670. The van der Waals surface area contributed by atoms with Gasteiger partial charge in [-0.3, -0.25) is 4.90 Å². The molecular formula is C19H23ClN2.